The van der Waals surface area contributed by atoms with Crippen LogP contribution in [0, 0.1) is 5.82 Å². The molecule has 154 valence electrons. The molecule has 7 nitrogen and oxygen atoms in total. The van der Waals surface area contributed by atoms with Crippen LogP contribution < -0.4 is 5.32 Å². The third-order valence-corrected chi connectivity index (χ3v) is 5.12. The minimum atomic E-state index is -0.340. The molecule has 0 aliphatic carbocycles. The molecule has 4 rings (SSSR count). The number of rotatable bonds is 5. The Morgan fingerprint density at radius 2 is 1.93 bits per heavy atom. The van der Waals surface area contributed by atoms with E-state index in [2.05, 4.69) is 46.3 Å². The molecule has 2 heterocycles. The second-order valence-corrected chi connectivity index (χ2v) is 8.71. The number of carbonyl (C=O) groups is 1. The second kappa shape index (κ2) is 7.91. The highest BCUT2D eigenvalue weighted by Crippen LogP contribution is 2.25. The largest absolute Gasteiger partial charge is 0.411 e. The number of aromatic amines is 1. The van der Waals surface area contributed by atoms with Gasteiger partial charge in [0.05, 0.1) is 16.8 Å². The van der Waals surface area contributed by atoms with Gasteiger partial charge < -0.3 is 14.7 Å². The monoisotopic (exact) mass is 425 g/mol. The Morgan fingerprint density at radius 1 is 1.17 bits per heavy atom. The van der Waals surface area contributed by atoms with Crippen LogP contribution in [0.25, 0.3) is 22.5 Å². The van der Waals surface area contributed by atoms with E-state index in [9.17, 15) is 9.18 Å². The van der Waals surface area contributed by atoms with Gasteiger partial charge in [-0.25, -0.2) is 9.37 Å². The van der Waals surface area contributed by atoms with Crippen molar-refractivity contribution >= 4 is 34.4 Å². The Balaban J connectivity index is 1.37. The quantitative estimate of drug-likeness (QED) is 0.447. The summed E-state index contributed by atoms with van der Waals surface area (Å²) < 4.78 is 18.5. The molecule has 0 unspecified atom stereocenters. The van der Waals surface area contributed by atoms with Crippen LogP contribution in [0.1, 0.15) is 26.6 Å². The number of hydrogen-bond acceptors (Lipinski definition) is 6. The maximum Gasteiger partial charge on any atom is 0.277 e. The number of carbonyl (C=O) groups excluding carboxylic acids is 1. The zero-order chi connectivity index (χ0) is 21.3. The fourth-order valence-corrected chi connectivity index (χ4v) is 3.31. The maximum atomic E-state index is 13.0. The SMILES string of the molecule is CC(C)(C)c1nc2ccc(NC(=O)CSc3nnc(-c4ccc(F)cc4)o3)cc2[nH]1. The number of benzene rings is 2. The molecule has 0 atom stereocenters. The molecule has 1 amide bonds. The molecular formula is C21H20FN5O2S. The third-order valence-electron chi connectivity index (χ3n) is 4.30. The van der Waals surface area contributed by atoms with Gasteiger partial charge in [-0.1, -0.05) is 32.5 Å². The zero-order valence-corrected chi connectivity index (χ0v) is 17.5. The first-order valence-electron chi connectivity index (χ1n) is 9.30. The van der Waals surface area contributed by atoms with E-state index in [4.69, 9.17) is 4.42 Å². The highest BCUT2D eigenvalue weighted by Gasteiger charge is 2.18. The Bertz CT molecular complexity index is 1190. The average Bonchev–Trinajstić information content (AvgIpc) is 3.33. The molecule has 0 saturated heterocycles. The van der Waals surface area contributed by atoms with E-state index in [1.807, 2.05) is 18.2 Å². The van der Waals surface area contributed by atoms with E-state index >= 15 is 0 Å². The lowest BCUT2D eigenvalue weighted by Crippen LogP contribution is -2.14. The highest BCUT2D eigenvalue weighted by atomic mass is 32.2. The van der Waals surface area contributed by atoms with Crippen LogP contribution in [0.15, 0.2) is 52.1 Å². The second-order valence-electron chi connectivity index (χ2n) is 7.78. The minimum Gasteiger partial charge on any atom is -0.411 e. The van der Waals surface area contributed by atoms with Gasteiger partial charge in [0.25, 0.3) is 5.22 Å². The van der Waals surface area contributed by atoms with Crippen molar-refractivity contribution in [2.45, 2.75) is 31.4 Å². The lowest BCUT2D eigenvalue weighted by molar-refractivity contribution is -0.113. The van der Waals surface area contributed by atoms with E-state index in [0.717, 1.165) is 28.6 Å². The summed E-state index contributed by atoms with van der Waals surface area (Å²) in [5.41, 5.74) is 2.92. The van der Waals surface area contributed by atoms with Gasteiger partial charge in [-0.05, 0) is 42.5 Å². The molecule has 2 aromatic heterocycles. The van der Waals surface area contributed by atoms with Gasteiger partial charge in [0, 0.05) is 16.7 Å². The summed E-state index contributed by atoms with van der Waals surface area (Å²) in [4.78, 5) is 20.2. The molecule has 0 spiro atoms. The number of nitrogens with zero attached hydrogens (tertiary/aromatic N) is 3. The van der Waals surface area contributed by atoms with Gasteiger partial charge in [-0.2, -0.15) is 0 Å². The van der Waals surface area contributed by atoms with Crippen molar-refractivity contribution < 1.29 is 13.6 Å². The van der Waals surface area contributed by atoms with Gasteiger partial charge in [0.15, 0.2) is 0 Å². The summed E-state index contributed by atoms with van der Waals surface area (Å²) in [5, 5.41) is 11.0. The first-order chi connectivity index (χ1) is 14.3. The number of aromatic nitrogens is 4. The van der Waals surface area contributed by atoms with Crippen molar-refractivity contribution in [2.24, 2.45) is 0 Å². The summed E-state index contributed by atoms with van der Waals surface area (Å²) in [6, 6.07) is 11.3. The Morgan fingerprint density at radius 3 is 2.67 bits per heavy atom. The smallest absolute Gasteiger partial charge is 0.277 e. The van der Waals surface area contributed by atoms with E-state index in [-0.39, 0.29) is 34.0 Å². The molecule has 4 aromatic rings. The van der Waals surface area contributed by atoms with E-state index in [1.54, 1.807) is 12.1 Å². The Labute approximate surface area is 176 Å². The van der Waals surface area contributed by atoms with Crippen molar-refractivity contribution in [3.8, 4) is 11.5 Å². The van der Waals surface area contributed by atoms with Gasteiger partial charge >= 0.3 is 0 Å². The fraction of sp³-hybridized carbons (Fsp3) is 0.238. The summed E-state index contributed by atoms with van der Waals surface area (Å²) in [6.45, 7) is 6.26. The Hall–Kier alpha value is -3.20. The van der Waals surface area contributed by atoms with Gasteiger partial charge in [-0.15, -0.1) is 10.2 Å². The number of hydrogen-bond donors (Lipinski definition) is 2. The summed E-state index contributed by atoms with van der Waals surface area (Å²) in [6.07, 6.45) is 0. The van der Waals surface area contributed by atoms with Crippen LogP contribution in [0.4, 0.5) is 10.1 Å². The topological polar surface area (TPSA) is 96.7 Å². The van der Waals surface area contributed by atoms with Crippen LogP contribution in [0.2, 0.25) is 0 Å². The predicted molar refractivity (Wildman–Crippen MR) is 114 cm³/mol. The van der Waals surface area contributed by atoms with E-state index in [0.29, 0.717) is 11.3 Å². The Kier molecular flexibility index (Phi) is 5.29. The van der Waals surface area contributed by atoms with Crippen molar-refractivity contribution in [1.29, 1.82) is 0 Å². The molecule has 0 radical (unpaired) electrons. The number of thioether (sulfide) groups is 1. The molecule has 0 bridgehead atoms. The highest BCUT2D eigenvalue weighted by molar-refractivity contribution is 7.99. The molecule has 2 aromatic carbocycles. The van der Waals surface area contributed by atoms with Crippen molar-refractivity contribution in [3.05, 3.63) is 54.1 Å². The van der Waals surface area contributed by atoms with Crippen LogP contribution in [-0.2, 0) is 10.2 Å². The first-order valence-corrected chi connectivity index (χ1v) is 10.3. The first kappa shape index (κ1) is 20.1. The fourth-order valence-electron chi connectivity index (χ4n) is 2.74. The van der Waals surface area contributed by atoms with Crippen LogP contribution >= 0.6 is 11.8 Å². The number of halogens is 1. The van der Waals surface area contributed by atoms with Crippen molar-refractivity contribution in [3.63, 3.8) is 0 Å². The molecule has 0 fully saturated rings. The molecule has 30 heavy (non-hydrogen) atoms. The lowest BCUT2D eigenvalue weighted by atomic mass is 9.96. The third kappa shape index (κ3) is 4.51. The van der Waals surface area contributed by atoms with Crippen molar-refractivity contribution in [2.75, 3.05) is 11.1 Å². The number of H-pyrrole nitrogens is 1. The predicted octanol–water partition coefficient (Wildman–Crippen LogP) is 4.78. The molecule has 9 heteroatoms. The van der Waals surface area contributed by atoms with Gasteiger partial charge in [0.1, 0.15) is 11.6 Å². The van der Waals surface area contributed by atoms with E-state index in [1.165, 1.54) is 12.1 Å². The standard InChI is InChI=1S/C21H20FN5O2S/c1-21(2,3)19-24-15-9-8-14(10-16(15)25-19)23-17(28)11-30-20-27-26-18(29-20)12-4-6-13(22)7-5-12/h4-10H,11H2,1-3H3,(H,23,28)(H,24,25). The molecular weight excluding hydrogens is 405 g/mol. The molecule has 0 aliphatic heterocycles. The van der Waals surface area contributed by atoms with Gasteiger partial charge in [0.2, 0.25) is 11.8 Å². The number of amides is 1. The summed E-state index contributed by atoms with van der Waals surface area (Å²) in [5.74, 6) is 0.741. The number of anilines is 1. The van der Waals surface area contributed by atoms with Crippen LogP contribution in [0.5, 0.6) is 0 Å². The van der Waals surface area contributed by atoms with E-state index < -0.39 is 0 Å². The number of imidazole rings is 1. The normalized spacial score (nSPS) is 11.7. The zero-order valence-electron chi connectivity index (χ0n) is 16.7. The van der Waals surface area contributed by atoms with Gasteiger partial charge in [-0.3, -0.25) is 4.79 Å². The van der Waals surface area contributed by atoms with Crippen molar-refractivity contribution in [1.82, 2.24) is 20.2 Å². The molecule has 0 saturated carbocycles. The van der Waals surface area contributed by atoms with Crippen LogP contribution in [0.3, 0.4) is 0 Å². The molecule has 2 N–H and O–H groups in total. The summed E-state index contributed by atoms with van der Waals surface area (Å²) in [7, 11) is 0. The van der Waals surface area contributed by atoms with Crippen LogP contribution in [-0.4, -0.2) is 31.8 Å². The maximum absolute atomic E-state index is 13.0. The number of nitrogens with one attached hydrogen (secondary N) is 2. The average molecular weight is 425 g/mol. The lowest BCUT2D eigenvalue weighted by Gasteiger charge is -2.13. The minimum absolute atomic E-state index is 0.0874. The number of fused-ring (bicyclic) bond motifs is 1. The molecule has 0 aliphatic rings. The summed E-state index contributed by atoms with van der Waals surface area (Å²) >= 11 is 1.13.